The quantitative estimate of drug-likeness (QED) is 0.497. The average molecular weight is 415 g/mol. The molecular formula is C27H30N2O2. The lowest BCUT2D eigenvalue weighted by molar-refractivity contribution is -0.121. The molecule has 3 rings (SSSR count). The molecule has 0 aromatic heterocycles. The van der Waals surface area contributed by atoms with Gasteiger partial charge < -0.3 is 10.6 Å². The normalized spacial score (nSPS) is 10.7. The van der Waals surface area contributed by atoms with Gasteiger partial charge >= 0.3 is 0 Å². The number of carbonyl (C=O) groups excluding carboxylic acids is 2. The molecule has 2 amide bonds. The molecule has 0 unspecified atom stereocenters. The Kier molecular flexibility index (Phi) is 7.99. The molecule has 0 aliphatic heterocycles. The number of amides is 2. The van der Waals surface area contributed by atoms with E-state index in [-0.39, 0.29) is 11.8 Å². The summed E-state index contributed by atoms with van der Waals surface area (Å²) in [5.41, 5.74) is 4.29. The maximum Gasteiger partial charge on any atom is 0.252 e. The summed E-state index contributed by atoms with van der Waals surface area (Å²) in [6.45, 7) is 4.98. The number of nitrogens with one attached hydrogen (secondary N) is 2. The molecular weight excluding hydrogens is 384 g/mol. The summed E-state index contributed by atoms with van der Waals surface area (Å²) in [7, 11) is 0. The summed E-state index contributed by atoms with van der Waals surface area (Å²) < 4.78 is 0. The van der Waals surface area contributed by atoms with Gasteiger partial charge in [0.05, 0.1) is 5.56 Å². The molecule has 2 N–H and O–H groups in total. The lowest BCUT2D eigenvalue weighted by atomic mass is 9.94. The highest BCUT2D eigenvalue weighted by Crippen LogP contribution is 2.26. The predicted octanol–water partition coefficient (Wildman–Crippen LogP) is 5.34. The Morgan fingerprint density at radius 3 is 2.13 bits per heavy atom. The molecule has 3 aromatic rings. The zero-order valence-corrected chi connectivity index (χ0v) is 18.2. The van der Waals surface area contributed by atoms with Gasteiger partial charge in [0.25, 0.3) is 5.91 Å². The SMILES string of the molecule is CC(C)CCC(=O)NCc1cccc(-c2ccccc2)c1C(=O)NCc1ccccc1. The molecule has 0 spiro atoms. The van der Waals surface area contributed by atoms with Crippen molar-refractivity contribution in [2.45, 2.75) is 39.8 Å². The van der Waals surface area contributed by atoms with Gasteiger partial charge in [-0.25, -0.2) is 0 Å². The first-order valence-electron chi connectivity index (χ1n) is 10.8. The van der Waals surface area contributed by atoms with Crippen LogP contribution in [0.1, 0.15) is 48.2 Å². The Morgan fingerprint density at radius 2 is 1.45 bits per heavy atom. The fourth-order valence-electron chi connectivity index (χ4n) is 3.44. The zero-order chi connectivity index (χ0) is 22.1. The molecule has 160 valence electrons. The van der Waals surface area contributed by atoms with Crippen LogP contribution in [0.3, 0.4) is 0 Å². The summed E-state index contributed by atoms with van der Waals surface area (Å²) in [4.78, 5) is 25.5. The van der Waals surface area contributed by atoms with Crippen LogP contribution in [-0.4, -0.2) is 11.8 Å². The van der Waals surface area contributed by atoms with Crippen molar-refractivity contribution in [2.24, 2.45) is 5.92 Å². The zero-order valence-electron chi connectivity index (χ0n) is 18.2. The van der Waals surface area contributed by atoms with E-state index in [9.17, 15) is 9.59 Å². The topological polar surface area (TPSA) is 58.2 Å². The maximum atomic E-state index is 13.3. The number of rotatable bonds is 9. The minimum Gasteiger partial charge on any atom is -0.352 e. The van der Waals surface area contributed by atoms with E-state index in [1.165, 1.54) is 0 Å². The highest BCUT2D eigenvalue weighted by atomic mass is 16.2. The summed E-state index contributed by atoms with van der Waals surface area (Å²) in [6.07, 6.45) is 1.34. The Bertz CT molecular complexity index is 998. The van der Waals surface area contributed by atoms with Crippen LogP contribution in [0.4, 0.5) is 0 Å². The molecule has 0 radical (unpaired) electrons. The van der Waals surface area contributed by atoms with Gasteiger partial charge in [0.15, 0.2) is 0 Å². The van der Waals surface area contributed by atoms with Crippen molar-refractivity contribution in [3.05, 3.63) is 95.6 Å². The van der Waals surface area contributed by atoms with Crippen LogP contribution in [0.15, 0.2) is 78.9 Å². The summed E-state index contributed by atoms with van der Waals surface area (Å²) in [5.74, 6) is 0.343. The number of carbonyl (C=O) groups is 2. The first-order valence-corrected chi connectivity index (χ1v) is 10.8. The monoisotopic (exact) mass is 414 g/mol. The number of benzene rings is 3. The fourth-order valence-corrected chi connectivity index (χ4v) is 3.44. The summed E-state index contributed by atoms with van der Waals surface area (Å²) in [5, 5.41) is 6.03. The van der Waals surface area contributed by atoms with Crippen molar-refractivity contribution in [3.63, 3.8) is 0 Å². The Morgan fingerprint density at radius 1 is 0.774 bits per heavy atom. The molecule has 4 heteroatoms. The van der Waals surface area contributed by atoms with Gasteiger partial charge in [0.2, 0.25) is 5.91 Å². The lowest BCUT2D eigenvalue weighted by Crippen LogP contribution is -2.28. The van der Waals surface area contributed by atoms with E-state index in [1.807, 2.05) is 78.9 Å². The molecule has 3 aromatic carbocycles. The van der Waals surface area contributed by atoms with Gasteiger partial charge in [-0.05, 0) is 34.6 Å². The third kappa shape index (κ3) is 6.54. The molecule has 0 heterocycles. The highest BCUT2D eigenvalue weighted by molar-refractivity contribution is 6.02. The minimum absolute atomic E-state index is 0.00876. The van der Waals surface area contributed by atoms with Gasteiger partial charge in [0, 0.05) is 19.5 Å². The predicted molar refractivity (Wildman–Crippen MR) is 125 cm³/mol. The van der Waals surface area contributed by atoms with Crippen LogP contribution in [0.5, 0.6) is 0 Å². The van der Waals surface area contributed by atoms with E-state index in [0.29, 0.717) is 31.0 Å². The Labute approximate surface area is 184 Å². The van der Waals surface area contributed by atoms with E-state index in [0.717, 1.165) is 28.7 Å². The molecule has 0 atom stereocenters. The molecule has 0 aliphatic carbocycles. The van der Waals surface area contributed by atoms with E-state index in [2.05, 4.69) is 24.5 Å². The van der Waals surface area contributed by atoms with Gasteiger partial charge in [-0.3, -0.25) is 9.59 Å². The van der Waals surface area contributed by atoms with E-state index in [1.54, 1.807) is 0 Å². The van der Waals surface area contributed by atoms with Crippen LogP contribution in [0.2, 0.25) is 0 Å². The van der Waals surface area contributed by atoms with Crippen molar-refractivity contribution >= 4 is 11.8 Å². The Hall–Kier alpha value is -3.40. The van der Waals surface area contributed by atoms with Crippen molar-refractivity contribution < 1.29 is 9.59 Å². The maximum absolute atomic E-state index is 13.3. The van der Waals surface area contributed by atoms with Crippen LogP contribution in [-0.2, 0) is 17.9 Å². The van der Waals surface area contributed by atoms with Crippen LogP contribution in [0.25, 0.3) is 11.1 Å². The lowest BCUT2D eigenvalue weighted by Gasteiger charge is -2.16. The van der Waals surface area contributed by atoms with Gasteiger partial charge in [0.1, 0.15) is 0 Å². The second-order valence-corrected chi connectivity index (χ2v) is 8.08. The van der Waals surface area contributed by atoms with Crippen LogP contribution < -0.4 is 10.6 Å². The molecule has 31 heavy (non-hydrogen) atoms. The van der Waals surface area contributed by atoms with Crippen LogP contribution >= 0.6 is 0 Å². The molecule has 0 saturated heterocycles. The summed E-state index contributed by atoms with van der Waals surface area (Å²) >= 11 is 0. The Balaban J connectivity index is 1.84. The second kappa shape index (κ2) is 11.1. The fraction of sp³-hybridized carbons (Fsp3) is 0.259. The number of hydrogen-bond donors (Lipinski definition) is 2. The number of hydrogen-bond acceptors (Lipinski definition) is 2. The summed E-state index contributed by atoms with van der Waals surface area (Å²) in [6, 6.07) is 25.5. The minimum atomic E-state index is -0.144. The molecule has 0 fully saturated rings. The largest absolute Gasteiger partial charge is 0.352 e. The standard InChI is InChI=1S/C27H30N2O2/c1-20(2)16-17-25(30)28-19-23-14-9-15-24(22-12-7-4-8-13-22)26(23)27(31)29-18-21-10-5-3-6-11-21/h3-15,20H,16-19H2,1-2H3,(H,28,30)(H,29,31). The third-order valence-electron chi connectivity index (χ3n) is 5.18. The molecule has 4 nitrogen and oxygen atoms in total. The smallest absolute Gasteiger partial charge is 0.252 e. The van der Waals surface area contributed by atoms with E-state index >= 15 is 0 Å². The molecule has 0 bridgehead atoms. The van der Waals surface area contributed by atoms with Gasteiger partial charge in [-0.15, -0.1) is 0 Å². The molecule has 0 aliphatic rings. The van der Waals surface area contributed by atoms with Crippen molar-refractivity contribution in [1.82, 2.24) is 10.6 Å². The second-order valence-electron chi connectivity index (χ2n) is 8.08. The van der Waals surface area contributed by atoms with Crippen molar-refractivity contribution in [3.8, 4) is 11.1 Å². The average Bonchev–Trinajstić information content (AvgIpc) is 2.80. The van der Waals surface area contributed by atoms with E-state index < -0.39 is 0 Å². The van der Waals surface area contributed by atoms with Crippen molar-refractivity contribution in [2.75, 3.05) is 0 Å². The van der Waals surface area contributed by atoms with Gasteiger partial charge in [-0.2, -0.15) is 0 Å². The first kappa shape index (κ1) is 22.3. The van der Waals surface area contributed by atoms with E-state index in [4.69, 9.17) is 0 Å². The highest BCUT2D eigenvalue weighted by Gasteiger charge is 2.18. The third-order valence-corrected chi connectivity index (χ3v) is 5.18. The van der Waals surface area contributed by atoms with Crippen LogP contribution in [0, 0.1) is 5.92 Å². The van der Waals surface area contributed by atoms with Crippen molar-refractivity contribution in [1.29, 1.82) is 0 Å². The first-order chi connectivity index (χ1) is 15.0. The molecule has 0 saturated carbocycles. The van der Waals surface area contributed by atoms with Gasteiger partial charge in [-0.1, -0.05) is 92.7 Å².